The number of benzene rings is 1. The monoisotopic (exact) mass is 269 g/mol. The van der Waals surface area contributed by atoms with Crippen molar-refractivity contribution < 1.29 is 9.90 Å². The topological polar surface area (TPSA) is 49.3 Å². The molecule has 0 saturated heterocycles. The highest BCUT2D eigenvalue weighted by atomic mass is 35.5. The molecule has 0 heterocycles. The van der Waals surface area contributed by atoms with E-state index in [1.807, 2.05) is 12.1 Å². The molecule has 0 amide bonds. The average Bonchev–Trinajstić information content (AvgIpc) is 2.38. The lowest BCUT2D eigenvalue weighted by Crippen LogP contribution is -2.01. The van der Waals surface area contributed by atoms with Crippen molar-refractivity contribution in [3.05, 3.63) is 29.3 Å². The lowest BCUT2D eigenvalue weighted by atomic mass is 10.0. The third-order valence-corrected chi connectivity index (χ3v) is 3.19. The predicted octanol–water partition coefficient (Wildman–Crippen LogP) is 4.46. The maximum atomic E-state index is 10.9. The quantitative estimate of drug-likeness (QED) is 0.541. The van der Waals surface area contributed by atoms with E-state index < -0.39 is 5.97 Å². The summed E-state index contributed by atoms with van der Waals surface area (Å²) in [4.78, 5) is 13.3. The van der Waals surface area contributed by atoms with E-state index in [0.29, 0.717) is 5.69 Å². The highest BCUT2D eigenvalue weighted by Gasteiger charge is 2.09. The Hall–Kier alpha value is -1.22. The number of aryl methyl sites for hydroxylation is 1. The smallest absolute Gasteiger partial charge is 0.337 e. The van der Waals surface area contributed by atoms with E-state index in [0.717, 1.165) is 18.4 Å². The first-order valence-corrected chi connectivity index (χ1v) is 6.79. The molecule has 2 N–H and O–H groups in total. The number of anilines is 1. The highest BCUT2D eigenvalue weighted by molar-refractivity contribution is 6.25. The largest absolute Gasteiger partial charge is 0.478 e. The van der Waals surface area contributed by atoms with Crippen molar-refractivity contribution in [1.29, 1.82) is 0 Å². The van der Waals surface area contributed by atoms with Crippen LogP contribution in [0.4, 0.5) is 5.69 Å². The molecule has 3 nitrogen and oxygen atoms in total. The van der Waals surface area contributed by atoms with Crippen molar-refractivity contribution in [3.63, 3.8) is 0 Å². The second-order valence-electron chi connectivity index (χ2n) is 4.44. The zero-order valence-electron chi connectivity index (χ0n) is 10.7. The van der Waals surface area contributed by atoms with Gasteiger partial charge in [0.15, 0.2) is 0 Å². The van der Waals surface area contributed by atoms with Crippen LogP contribution in [0.5, 0.6) is 0 Å². The second kappa shape index (κ2) is 7.98. The Kier molecular flexibility index (Phi) is 6.58. The second-order valence-corrected chi connectivity index (χ2v) is 4.63. The van der Waals surface area contributed by atoms with Crippen LogP contribution >= 0.6 is 11.8 Å². The Morgan fingerprint density at radius 2 is 2.00 bits per heavy atom. The molecule has 18 heavy (non-hydrogen) atoms. The minimum Gasteiger partial charge on any atom is -0.478 e. The predicted molar refractivity (Wildman–Crippen MR) is 75.3 cm³/mol. The van der Waals surface area contributed by atoms with E-state index in [-0.39, 0.29) is 5.56 Å². The normalized spacial score (nSPS) is 10.3. The molecular formula is C14H20ClNO2. The molecule has 0 atom stereocenters. The summed E-state index contributed by atoms with van der Waals surface area (Å²) in [7, 11) is 0. The van der Waals surface area contributed by atoms with Gasteiger partial charge in [0.05, 0.1) is 11.3 Å². The number of rotatable bonds is 8. The number of hydrogen-bond acceptors (Lipinski definition) is 2. The number of aromatic carboxylic acids is 1. The van der Waals surface area contributed by atoms with Crippen molar-refractivity contribution in [2.75, 3.05) is 4.84 Å². The van der Waals surface area contributed by atoms with Crippen molar-refractivity contribution in [1.82, 2.24) is 0 Å². The molecule has 100 valence electrons. The van der Waals surface area contributed by atoms with Gasteiger partial charge in [-0.05, 0) is 30.5 Å². The number of nitrogens with one attached hydrogen (secondary N) is 1. The molecule has 0 spiro atoms. The van der Waals surface area contributed by atoms with Gasteiger partial charge in [0.25, 0.3) is 0 Å². The Morgan fingerprint density at radius 1 is 1.28 bits per heavy atom. The summed E-state index contributed by atoms with van der Waals surface area (Å²) in [5, 5.41) is 8.96. The molecule has 0 aliphatic heterocycles. The Balaban J connectivity index is 2.54. The number of carboxylic acids is 1. The first-order valence-electron chi connectivity index (χ1n) is 6.42. The number of carbonyl (C=O) groups is 1. The van der Waals surface area contributed by atoms with Crippen LogP contribution in [-0.2, 0) is 6.42 Å². The fourth-order valence-corrected chi connectivity index (χ4v) is 2.10. The molecule has 0 radical (unpaired) electrons. The van der Waals surface area contributed by atoms with Crippen LogP contribution in [0.2, 0.25) is 0 Å². The first kappa shape index (κ1) is 14.8. The van der Waals surface area contributed by atoms with Gasteiger partial charge in [0, 0.05) is 11.8 Å². The lowest BCUT2D eigenvalue weighted by Gasteiger charge is -2.07. The average molecular weight is 270 g/mol. The summed E-state index contributed by atoms with van der Waals surface area (Å²) in [5.74, 6) is -0.965. The van der Waals surface area contributed by atoms with E-state index in [2.05, 4.69) is 11.8 Å². The van der Waals surface area contributed by atoms with Crippen molar-refractivity contribution in [2.45, 2.75) is 45.4 Å². The summed E-state index contributed by atoms with van der Waals surface area (Å²) >= 11 is 5.54. The van der Waals surface area contributed by atoms with Crippen LogP contribution in [0.1, 0.15) is 54.9 Å². The fourth-order valence-electron chi connectivity index (χ4n) is 1.94. The summed E-state index contributed by atoms with van der Waals surface area (Å²) in [5.41, 5.74) is 1.80. The molecule has 1 aromatic carbocycles. The van der Waals surface area contributed by atoms with Crippen LogP contribution in [-0.4, -0.2) is 11.1 Å². The zero-order valence-corrected chi connectivity index (χ0v) is 11.5. The molecule has 1 rings (SSSR count). The van der Waals surface area contributed by atoms with Crippen LogP contribution < -0.4 is 4.84 Å². The molecule has 0 aliphatic rings. The Morgan fingerprint density at radius 3 is 2.61 bits per heavy atom. The van der Waals surface area contributed by atoms with Crippen molar-refractivity contribution >= 4 is 23.4 Å². The van der Waals surface area contributed by atoms with Gasteiger partial charge >= 0.3 is 5.97 Å². The summed E-state index contributed by atoms with van der Waals surface area (Å²) < 4.78 is 0. The third-order valence-electron chi connectivity index (χ3n) is 2.99. The minimum absolute atomic E-state index is 0.208. The summed E-state index contributed by atoms with van der Waals surface area (Å²) in [6.07, 6.45) is 7.12. The molecule has 4 heteroatoms. The number of hydrogen-bond donors (Lipinski definition) is 2. The molecular weight excluding hydrogens is 250 g/mol. The standard InChI is InChI=1S/C14H20ClNO2/c1-2-3-4-5-6-7-11-8-9-12(14(17)18)13(10-11)16-15/h8-10,16H,2-7H2,1H3,(H,17,18). The van der Waals surface area contributed by atoms with E-state index in [1.54, 1.807) is 6.07 Å². The molecule has 0 aromatic heterocycles. The van der Waals surface area contributed by atoms with Gasteiger partial charge < -0.3 is 5.11 Å². The van der Waals surface area contributed by atoms with Gasteiger partial charge in [-0.1, -0.05) is 38.7 Å². The van der Waals surface area contributed by atoms with E-state index >= 15 is 0 Å². The van der Waals surface area contributed by atoms with Gasteiger partial charge in [-0.15, -0.1) is 0 Å². The van der Waals surface area contributed by atoms with Crippen LogP contribution in [0, 0.1) is 0 Å². The van der Waals surface area contributed by atoms with Gasteiger partial charge in [-0.3, -0.25) is 4.84 Å². The molecule has 0 bridgehead atoms. The van der Waals surface area contributed by atoms with E-state index in [4.69, 9.17) is 16.9 Å². The fraction of sp³-hybridized carbons (Fsp3) is 0.500. The number of carboxylic acid groups (broad SMARTS) is 1. The first-order chi connectivity index (χ1) is 8.69. The van der Waals surface area contributed by atoms with Gasteiger partial charge in [-0.25, -0.2) is 4.79 Å². The maximum Gasteiger partial charge on any atom is 0.337 e. The van der Waals surface area contributed by atoms with Crippen LogP contribution in [0.15, 0.2) is 18.2 Å². The zero-order chi connectivity index (χ0) is 13.4. The van der Waals surface area contributed by atoms with Crippen molar-refractivity contribution in [2.24, 2.45) is 0 Å². The van der Waals surface area contributed by atoms with Crippen molar-refractivity contribution in [3.8, 4) is 0 Å². The van der Waals surface area contributed by atoms with E-state index in [9.17, 15) is 4.79 Å². The molecule has 1 aromatic rings. The third kappa shape index (κ3) is 4.57. The van der Waals surface area contributed by atoms with Gasteiger partial charge in [0.2, 0.25) is 0 Å². The Labute approximate surface area is 113 Å². The maximum absolute atomic E-state index is 10.9. The summed E-state index contributed by atoms with van der Waals surface area (Å²) in [6.45, 7) is 2.20. The molecule has 0 aliphatic carbocycles. The van der Waals surface area contributed by atoms with Gasteiger partial charge in [0.1, 0.15) is 0 Å². The lowest BCUT2D eigenvalue weighted by molar-refractivity contribution is 0.0698. The van der Waals surface area contributed by atoms with E-state index in [1.165, 1.54) is 25.7 Å². The molecule has 0 unspecified atom stereocenters. The van der Waals surface area contributed by atoms with Crippen LogP contribution in [0.3, 0.4) is 0 Å². The molecule has 0 saturated carbocycles. The molecule has 0 fully saturated rings. The Bertz CT molecular complexity index is 393. The summed E-state index contributed by atoms with van der Waals surface area (Å²) in [6, 6.07) is 5.28. The highest BCUT2D eigenvalue weighted by Crippen LogP contribution is 2.20. The van der Waals surface area contributed by atoms with Gasteiger partial charge in [-0.2, -0.15) is 0 Å². The SMILES string of the molecule is CCCCCCCc1ccc(C(=O)O)c(NCl)c1. The minimum atomic E-state index is -0.965. The van der Waals surface area contributed by atoms with Crippen LogP contribution in [0.25, 0.3) is 0 Å². The number of unbranched alkanes of at least 4 members (excludes halogenated alkanes) is 4. The number of halogens is 1.